The zero-order chi connectivity index (χ0) is 48.0. The summed E-state index contributed by atoms with van der Waals surface area (Å²) in [5, 5.41) is 35.8. The van der Waals surface area contributed by atoms with Gasteiger partial charge in [-0.05, 0) is 91.8 Å². The number of hydrogen-bond donors (Lipinski definition) is 0. The van der Waals surface area contributed by atoms with Crippen molar-refractivity contribution in [2.75, 3.05) is 0 Å². The van der Waals surface area contributed by atoms with Gasteiger partial charge in [-0.25, -0.2) is 0 Å². The molecule has 1 aliphatic carbocycles. The van der Waals surface area contributed by atoms with Crippen molar-refractivity contribution in [1.29, 1.82) is 10.5 Å². The van der Waals surface area contributed by atoms with Crippen molar-refractivity contribution >= 4 is 87.0 Å². The molecular formula is C67H41N5. The number of nitriles is 2. The number of aromatic nitrogens is 3. The molecule has 0 aliphatic heterocycles. The molecule has 0 spiro atoms. The molecule has 14 aromatic rings. The fraction of sp³-hybridized carbons (Fsp3) is 0.0448. The Hall–Kier alpha value is -9.68. The van der Waals surface area contributed by atoms with E-state index < -0.39 is 0 Å². The van der Waals surface area contributed by atoms with Crippen LogP contribution in [0.3, 0.4) is 0 Å². The third kappa shape index (κ3) is 5.19. The first-order valence-corrected chi connectivity index (χ1v) is 24.6. The molecule has 0 fully saturated rings. The van der Waals surface area contributed by atoms with Crippen LogP contribution in [0.5, 0.6) is 0 Å². The largest absolute Gasteiger partial charge is 0.307 e. The van der Waals surface area contributed by atoms with E-state index in [2.05, 4.69) is 240 Å². The highest BCUT2D eigenvalue weighted by Gasteiger charge is 2.38. The maximum Gasteiger partial charge on any atom is 0.104 e. The van der Waals surface area contributed by atoms with Crippen LogP contribution in [0.2, 0.25) is 0 Å². The Kier molecular flexibility index (Phi) is 8.20. The van der Waals surface area contributed by atoms with E-state index in [-0.39, 0.29) is 5.41 Å². The summed E-state index contributed by atoms with van der Waals surface area (Å²) in [6.07, 6.45) is 0. The van der Waals surface area contributed by atoms with Crippen LogP contribution in [-0.2, 0) is 5.41 Å². The average molecular weight is 916 g/mol. The highest BCUT2D eigenvalue weighted by Crippen LogP contribution is 2.53. The Morgan fingerprint density at radius 1 is 0.347 bits per heavy atom. The molecule has 0 radical (unpaired) electrons. The molecule has 0 bridgehead atoms. The third-order valence-electron chi connectivity index (χ3n) is 15.9. The molecule has 15 rings (SSSR count). The van der Waals surface area contributed by atoms with Gasteiger partial charge in [-0.15, -0.1) is 0 Å². The molecule has 1 aliphatic rings. The molecule has 3 aromatic heterocycles. The summed E-state index contributed by atoms with van der Waals surface area (Å²) >= 11 is 0. The van der Waals surface area contributed by atoms with Crippen LogP contribution in [0.4, 0.5) is 0 Å². The molecule has 11 aromatic carbocycles. The zero-order valence-corrected chi connectivity index (χ0v) is 39.4. The van der Waals surface area contributed by atoms with E-state index in [1.165, 1.54) is 16.7 Å². The molecule has 5 nitrogen and oxygen atoms in total. The van der Waals surface area contributed by atoms with E-state index >= 15 is 0 Å². The second kappa shape index (κ2) is 14.7. The molecule has 3 heterocycles. The van der Waals surface area contributed by atoms with E-state index in [0.717, 1.165) is 104 Å². The maximum absolute atomic E-state index is 12.4. The summed E-state index contributed by atoms with van der Waals surface area (Å²) in [5.41, 5.74) is 14.8. The minimum Gasteiger partial charge on any atom is -0.307 e. The summed E-state index contributed by atoms with van der Waals surface area (Å²) in [7, 11) is 0. The van der Waals surface area contributed by atoms with Gasteiger partial charge in [-0.2, -0.15) is 10.5 Å². The Bertz CT molecular complexity index is 4560. The number of benzene rings is 11. The van der Waals surface area contributed by atoms with Crippen LogP contribution in [-0.4, -0.2) is 13.7 Å². The molecular weight excluding hydrogens is 875 g/mol. The fourth-order valence-corrected chi connectivity index (χ4v) is 12.9. The maximum atomic E-state index is 12.4. The molecule has 0 N–H and O–H groups in total. The first kappa shape index (κ1) is 40.2. The number of rotatable bonds is 4. The van der Waals surface area contributed by atoms with Crippen molar-refractivity contribution in [2.45, 2.75) is 19.3 Å². The lowest BCUT2D eigenvalue weighted by molar-refractivity contribution is 0.660. The second-order valence-corrected chi connectivity index (χ2v) is 19.8. The third-order valence-corrected chi connectivity index (χ3v) is 15.9. The van der Waals surface area contributed by atoms with Gasteiger partial charge in [0, 0.05) is 43.3 Å². The Morgan fingerprint density at radius 2 is 0.750 bits per heavy atom. The van der Waals surface area contributed by atoms with Crippen molar-refractivity contribution in [2.24, 2.45) is 0 Å². The number of nitrogens with zero attached hydrogens (tertiary/aromatic N) is 5. The van der Waals surface area contributed by atoms with Crippen LogP contribution in [0, 0.1) is 22.7 Å². The first-order chi connectivity index (χ1) is 35.5. The quantitative estimate of drug-likeness (QED) is 0.177. The first-order valence-electron chi connectivity index (χ1n) is 24.6. The number of fused-ring (bicyclic) bond motifs is 16. The van der Waals surface area contributed by atoms with Gasteiger partial charge in [0.25, 0.3) is 0 Å². The van der Waals surface area contributed by atoms with E-state index in [1.807, 2.05) is 12.1 Å². The predicted molar refractivity (Wildman–Crippen MR) is 297 cm³/mol. The van der Waals surface area contributed by atoms with Crippen LogP contribution < -0.4 is 0 Å². The average Bonchev–Trinajstić information content (AvgIpc) is 4.13. The highest BCUT2D eigenvalue weighted by atomic mass is 15.1. The van der Waals surface area contributed by atoms with Gasteiger partial charge in [0.15, 0.2) is 0 Å². The minimum absolute atomic E-state index is 0.242. The standard InChI is InChI=1S/C67H41N5/c1-67(2)53-26-12-7-21-45(53)50-37-42(31-34-54(50)67)61-65(71-57-29-15-10-24-48(57)62-43-19-5-3-17-40(43)32-35-59(62)71)51(38-68)64(70-55-27-13-8-22-46(55)47-23-9-14-28-56(47)70)52(39-69)66(61)72-58-30-16-11-25-49(58)63-44-20-6-4-18-41(44)33-36-60(63)72/h3-37H,1-2H3. The molecule has 0 saturated carbocycles. The zero-order valence-electron chi connectivity index (χ0n) is 39.4. The number of para-hydroxylation sites is 4. The normalized spacial score (nSPS) is 12.9. The monoisotopic (exact) mass is 915 g/mol. The van der Waals surface area contributed by atoms with Crippen LogP contribution in [0.1, 0.15) is 36.1 Å². The van der Waals surface area contributed by atoms with Gasteiger partial charge < -0.3 is 13.7 Å². The van der Waals surface area contributed by atoms with Gasteiger partial charge in [0.1, 0.15) is 23.3 Å². The summed E-state index contributed by atoms with van der Waals surface area (Å²) in [5.74, 6) is 0. The van der Waals surface area contributed by atoms with E-state index in [0.29, 0.717) is 28.2 Å². The van der Waals surface area contributed by atoms with E-state index in [9.17, 15) is 10.5 Å². The highest BCUT2D eigenvalue weighted by molar-refractivity contribution is 6.24. The topological polar surface area (TPSA) is 62.4 Å². The van der Waals surface area contributed by atoms with Crippen LogP contribution >= 0.6 is 0 Å². The van der Waals surface area contributed by atoms with Crippen molar-refractivity contribution in [3.63, 3.8) is 0 Å². The van der Waals surface area contributed by atoms with Crippen LogP contribution in [0.15, 0.2) is 212 Å². The number of hydrogen-bond acceptors (Lipinski definition) is 2. The van der Waals surface area contributed by atoms with Gasteiger partial charge in [0.2, 0.25) is 0 Å². The molecule has 334 valence electrons. The van der Waals surface area contributed by atoms with E-state index in [4.69, 9.17) is 0 Å². The second-order valence-electron chi connectivity index (χ2n) is 19.8. The lowest BCUT2D eigenvalue weighted by atomic mass is 9.82. The Morgan fingerprint density at radius 3 is 1.26 bits per heavy atom. The van der Waals surface area contributed by atoms with Crippen molar-refractivity contribution < 1.29 is 0 Å². The molecule has 0 atom stereocenters. The van der Waals surface area contributed by atoms with Gasteiger partial charge in [-0.1, -0.05) is 184 Å². The van der Waals surface area contributed by atoms with Gasteiger partial charge in [-0.3, -0.25) is 0 Å². The summed E-state index contributed by atoms with van der Waals surface area (Å²) in [6, 6.07) is 81.2. The Balaban J connectivity index is 1.25. The molecule has 5 heteroatoms. The lowest BCUT2D eigenvalue weighted by Crippen LogP contribution is -2.15. The molecule has 0 unspecified atom stereocenters. The molecule has 0 saturated heterocycles. The van der Waals surface area contributed by atoms with Gasteiger partial charge in [0.05, 0.1) is 50.2 Å². The summed E-state index contributed by atoms with van der Waals surface area (Å²) in [4.78, 5) is 0. The summed E-state index contributed by atoms with van der Waals surface area (Å²) < 4.78 is 6.86. The van der Waals surface area contributed by atoms with Crippen molar-refractivity contribution in [1.82, 2.24) is 13.7 Å². The predicted octanol–water partition coefficient (Wildman–Crippen LogP) is 17.0. The van der Waals surface area contributed by atoms with Crippen molar-refractivity contribution in [3.05, 3.63) is 235 Å². The Labute approximate surface area is 414 Å². The lowest BCUT2D eigenvalue weighted by Gasteiger charge is -2.27. The summed E-state index contributed by atoms with van der Waals surface area (Å²) in [6.45, 7) is 4.61. The SMILES string of the molecule is CC1(C)c2ccccc2-c2cc(-c3c(-n4c5ccccc5c5c6ccccc6ccc54)c(C#N)c(-n4c5ccccc5c5ccccc54)c(C#N)c3-n3c4ccccc4c4c5ccccc5ccc43)ccc21. The van der Waals surface area contributed by atoms with Crippen LogP contribution in [0.25, 0.3) is 126 Å². The van der Waals surface area contributed by atoms with E-state index in [1.54, 1.807) is 0 Å². The van der Waals surface area contributed by atoms with Crippen molar-refractivity contribution in [3.8, 4) is 51.5 Å². The fourth-order valence-electron chi connectivity index (χ4n) is 12.9. The smallest absolute Gasteiger partial charge is 0.104 e. The van der Waals surface area contributed by atoms with Gasteiger partial charge >= 0.3 is 0 Å². The molecule has 0 amide bonds. The minimum atomic E-state index is -0.242. The molecule has 72 heavy (non-hydrogen) atoms.